The number of pyridine rings is 1. The second-order valence-electron chi connectivity index (χ2n) is 4.67. The first-order chi connectivity index (χ1) is 8.83. The third-order valence-corrected chi connectivity index (χ3v) is 3.35. The smallest absolute Gasteiger partial charge is 0.124 e. The molecule has 1 aromatic heterocycles. The van der Waals surface area contributed by atoms with E-state index in [4.69, 9.17) is 0 Å². The maximum Gasteiger partial charge on any atom is 0.124 e. The van der Waals surface area contributed by atoms with Gasteiger partial charge in [0.05, 0.1) is 5.52 Å². The summed E-state index contributed by atoms with van der Waals surface area (Å²) in [5.74, 6) is -0.180. The minimum absolute atomic E-state index is 0.180. The molecule has 1 fully saturated rings. The molecule has 0 bridgehead atoms. The summed E-state index contributed by atoms with van der Waals surface area (Å²) >= 11 is 0. The fourth-order valence-electron chi connectivity index (χ4n) is 2.46. The van der Waals surface area contributed by atoms with E-state index in [2.05, 4.69) is 15.2 Å². The number of aromatic nitrogens is 1. The molecule has 0 saturated carbocycles. The molecule has 18 heavy (non-hydrogen) atoms. The van der Waals surface area contributed by atoms with E-state index in [0.29, 0.717) is 0 Å². The maximum atomic E-state index is 13.6. The van der Waals surface area contributed by atoms with Crippen LogP contribution in [0.15, 0.2) is 30.5 Å². The van der Waals surface area contributed by atoms with Crippen molar-refractivity contribution >= 4 is 10.9 Å². The molecule has 0 amide bonds. The summed E-state index contributed by atoms with van der Waals surface area (Å²) in [5, 5.41) is 4.20. The van der Waals surface area contributed by atoms with Gasteiger partial charge in [-0.1, -0.05) is 6.07 Å². The Labute approximate surface area is 106 Å². The Hall–Kier alpha value is -1.52. The molecule has 1 saturated heterocycles. The van der Waals surface area contributed by atoms with Crippen LogP contribution < -0.4 is 5.32 Å². The Bertz CT molecular complexity index is 550. The Balaban J connectivity index is 1.94. The Morgan fingerprint density at radius 2 is 2.11 bits per heavy atom. The van der Waals surface area contributed by atoms with Crippen molar-refractivity contribution in [1.82, 2.24) is 15.2 Å². The average molecular weight is 245 g/mol. The number of nitrogens with zero attached hydrogens (tertiary/aromatic N) is 2. The lowest BCUT2D eigenvalue weighted by atomic mass is 10.1. The predicted molar refractivity (Wildman–Crippen MR) is 69.8 cm³/mol. The zero-order chi connectivity index (χ0) is 12.4. The topological polar surface area (TPSA) is 28.2 Å². The number of halogens is 1. The summed E-state index contributed by atoms with van der Waals surface area (Å²) in [6, 6.07) is 6.91. The van der Waals surface area contributed by atoms with Crippen molar-refractivity contribution in [2.24, 2.45) is 0 Å². The SMILES string of the molecule is Fc1cc(CN2CCNCC2)c2ncccc2c1. The fourth-order valence-corrected chi connectivity index (χ4v) is 2.46. The first-order valence-corrected chi connectivity index (χ1v) is 6.29. The third-order valence-electron chi connectivity index (χ3n) is 3.35. The van der Waals surface area contributed by atoms with Crippen LogP contribution >= 0.6 is 0 Å². The second kappa shape index (κ2) is 5.00. The van der Waals surface area contributed by atoms with Gasteiger partial charge < -0.3 is 5.32 Å². The van der Waals surface area contributed by atoms with Crippen LogP contribution in [0.2, 0.25) is 0 Å². The highest BCUT2D eigenvalue weighted by Gasteiger charge is 2.13. The molecule has 2 aromatic rings. The monoisotopic (exact) mass is 245 g/mol. The van der Waals surface area contributed by atoms with Crippen LogP contribution in [0.1, 0.15) is 5.56 Å². The van der Waals surface area contributed by atoms with Gasteiger partial charge in [-0.2, -0.15) is 0 Å². The minimum Gasteiger partial charge on any atom is -0.314 e. The van der Waals surface area contributed by atoms with E-state index < -0.39 is 0 Å². The first-order valence-electron chi connectivity index (χ1n) is 6.29. The molecule has 0 spiro atoms. The number of hydrogen-bond donors (Lipinski definition) is 1. The van der Waals surface area contributed by atoms with Crippen LogP contribution in [0.25, 0.3) is 10.9 Å². The highest BCUT2D eigenvalue weighted by Crippen LogP contribution is 2.20. The highest BCUT2D eigenvalue weighted by molar-refractivity contribution is 5.81. The Morgan fingerprint density at radius 3 is 2.94 bits per heavy atom. The van der Waals surface area contributed by atoms with Crippen molar-refractivity contribution in [2.45, 2.75) is 6.54 Å². The van der Waals surface area contributed by atoms with Crippen LogP contribution in [0.3, 0.4) is 0 Å². The van der Waals surface area contributed by atoms with Gasteiger partial charge in [-0.15, -0.1) is 0 Å². The van der Waals surface area contributed by atoms with E-state index in [1.54, 1.807) is 18.3 Å². The Kier molecular flexibility index (Phi) is 3.21. The van der Waals surface area contributed by atoms with Crippen LogP contribution in [0.5, 0.6) is 0 Å². The van der Waals surface area contributed by atoms with Crippen LogP contribution in [0, 0.1) is 5.82 Å². The normalized spacial score (nSPS) is 17.2. The van der Waals surface area contributed by atoms with E-state index >= 15 is 0 Å². The van der Waals surface area contributed by atoms with Gasteiger partial charge in [0.15, 0.2) is 0 Å². The molecular weight excluding hydrogens is 229 g/mol. The number of piperazine rings is 1. The molecule has 1 aliphatic rings. The number of benzene rings is 1. The first kappa shape index (κ1) is 11.6. The molecule has 3 nitrogen and oxygen atoms in total. The van der Waals surface area contributed by atoms with Gasteiger partial charge >= 0.3 is 0 Å². The van der Waals surface area contributed by atoms with E-state index in [9.17, 15) is 4.39 Å². The van der Waals surface area contributed by atoms with Gasteiger partial charge in [0.2, 0.25) is 0 Å². The van der Waals surface area contributed by atoms with E-state index in [1.165, 1.54) is 0 Å². The van der Waals surface area contributed by atoms with Crippen LogP contribution in [0.4, 0.5) is 4.39 Å². The van der Waals surface area contributed by atoms with Gasteiger partial charge in [0.1, 0.15) is 5.82 Å². The molecule has 2 heterocycles. The highest BCUT2D eigenvalue weighted by atomic mass is 19.1. The van der Waals surface area contributed by atoms with Crippen molar-refractivity contribution in [2.75, 3.05) is 26.2 Å². The molecule has 1 N–H and O–H groups in total. The lowest BCUT2D eigenvalue weighted by Crippen LogP contribution is -2.42. The zero-order valence-corrected chi connectivity index (χ0v) is 10.2. The summed E-state index contributed by atoms with van der Waals surface area (Å²) < 4.78 is 13.6. The lowest BCUT2D eigenvalue weighted by molar-refractivity contribution is 0.233. The minimum atomic E-state index is -0.180. The summed E-state index contributed by atoms with van der Waals surface area (Å²) in [5.41, 5.74) is 1.89. The number of hydrogen-bond acceptors (Lipinski definition) is 3. The molecule has 0 radical (unpaired) electrons. The molecule has 0 aliphatic carbocycles. The predicted octanol–water partition coefficient (Wildman–Crippen LogP) is 1.78. The molecule has 1 aliphatic heterocycles. The second-order valence-corrected chi connectivity index (χ2v) is 4.67. The number of nitrogens with one attached hydrogen (secondary N) is 1. The zero-order valence-electron chi connectivity index (χ0n) is 10.2. The average Bonchev–Trinajstić information content (AvgIpc) is 2.40. The van der Waals surface area contributed by atoms with Gasteiger partial charge in [0, 0.05) is 44.3 Å². The quantitative estimate of drug-likeness (QED) is 0.874. The largest absolute Gasteiger partial charge is 0.314 e. The lowest BCUT2D eigenvalue weighted by Gasteiger charge is -2.27. The summed E-state index contributed by atoms with van der Waals surface area (Å²) in [6.45, 7) is 4.78. The number of fused-ring (bicyclic) bond motifs is 1. The van der Waals surface area contributed by atoms with Crippen molar-refractivity contribution in [3.05, 3.63) is 41.8 Å². The van der Waals surface area contributed by atoms with Crippen molar-refractivity contribution in [1.29, 1.82) is 0 Å². The Morgan fingerprint density at radius 1 is 1.28 bits per heavy atom. The summed E-state index contributed by atoms with van der Waals surface area (Å²) in [7, 11) is 0. The van der Waals surface area contributed by atoms with Crippen molar-refractivity contribution in [3.8, 4) is 0 Å². The van der Waals surface area contributed by atoms with Crippen LogP contribution in [-0.2, 0) is 6.54 Å². The standard InChI is InChI=1S/C14H16FN3/c15-13-8-11-2-1-3-17-14(11)12(9-13)10-18-6-4-16-5-7-18/h1-3,8-9,16H,4-7,10H2. The van der Waals surface area contributed by atoms with Crippen molar-refractivity contribution < 1.29 is 4.39 Å². The third kappa shape index (κ3) is 2.35. The molecular formula is C14H16FN3. The van der Waals surface area contributed by atoms with Gasteiger partial charge in [-0.05, 0) is 23.8 Å². The van der Waals surface area contributed by atoms with Gasteiger partial charge in [-0.25, -0.2) is 4.39 Å². The maximum absolute atomic E-state index is 13.6. The molecule has 1 aromatic carbocycles. The van der Waals surface area contributed by atoms with Crippen LogP contribution in [-0.4, -0.2) is 36.1 Å². The van der Waals surface area contributed by atoms with Gasteiger partial charge in [-0.3, -0.25) is 9.88 Å². The summed E-state index contributed by atoms with van der Waals surface area (Å²) in [6.07, 6.45) is 1.77. The summed E-state index contributed by atoms with van der Waals surface area (Å²) in [4.78, 5) is 6.71. The fraction of sp³-hybridized carbons (Fsp3) is 0.357. The molecule has 0 unspecified atom stereocenters. The van der Waals surface area contributed by atoms with E-state index in [1.807, 2.05) is 12.1 Å². The molecule has 94 valence electrons. The molecule has 0 atom stereocenters. The van der Waals surface area contributed by atoms with E-state index in [0.717, 1.165) is 49.2 Å². The van der Waals surface area contributed by atoms with E-state index in [-0.39, 0.29) is 5.82 Å². The molecule has 4 heteroatoms. The number of rotatable bonds is 2. The van der Waals surface area contributed by atoms with Crippen molar-refractivity contribution in [3.63, 3.8) is 0 Å². The molecule has 3 rings (SSSR count). The van der Waals surface area contributed by atoms with Gasteiger partial charge in [0.25, 0.3) is 0 Å².